The van der Waals surface area contributed by atoms with Gasteiger partial charge in [0.05, 0.1) is 14.2 Å². The van der Waals surface area contributed by atoms with Crippen molar-refractivity contribution < 1.29 is 19.0 Å². The molecule has 3 aromatic rings. The van der Waals surface area contributed by atoms with Crippen molar-refractivity contribution >= 4 is 27.4 Å². The molecule has 130 valence electrons. The summed E-state index contributed by atoms with van der Waals surface area (Å²) in [6.45, 7) is 0.314. The highest BCUT2D eigenvalue weighted by Gasteiger charge is 2.09. The van der Waals surface area contributed by atoms with Crippen molar-refractivity contribution in [1.82, 2.24) is 0 Å². The standard InChI is InChI=1S/C20H20O4S/c1-22-17-9-7-14(11-18(17)23-2)8-10-20(21)24-12-15-13-25-19-6-4-3-5-16(15)19/h3-7,9,11,13H,8,10,12H2,1-2H3. The molecule has 1 heterocycles. The summed E-state index contributed by atoms with van der Waals surface area (Å²) in [5, 5.41) is 3.20. The number of fused-ring (bicyclic) bond motifs is 1. The minimum atomic E-state index is -0.204. The maximum absolute atomic E-state index is 12.1. The number of carbonyl (C=O) groups is 1. The van der Waals surface area contributed by atoms with E-state index in [1.807, 2.05) is 35.7 Å². The summed E-state index contributed by atoms with van der Waals surface area (Å²) in [7, 11) is 3.20. The Morgan fingerprint density at radius 3 is 2.64 bits per heavy atom. The van der Waals surface area contributed by atoms with Crippen molar-refractivity contribution in [2.45, 2.75) is 19.4 Å². The average Bonchev–Trinajstić information content (AvgIpc) is 3.07. The molecule has 2 aromatic carbocycles. The quantitative estimate of drug-likeness (QED) is 0.581. The van der Waals surface area contributed by atoms with Crippen LogP contribution in [0.4, 0.5) is 0 Å². The number of ether oxygens (including phenoxy) is 3. The Morgan fingerprint density at radius 1 is 1.04 bits per heavy atom. The molecule has 0 aliphatic carbocycles. The molecule has 5 heteroatoms. The van der Waals surface area contributed by atoms with Crippen LogP contribution in [0.5, 0.6) is 11.5 Å². The molecule has 0 saturated carbocycles. The average molecular weight is 356 g/mol. The molecule has 1 aromatic heterocycles. The summed E-state index contributed by atoms with van der Waals surface area (Å²) in [6.07, 6.45) is 0.932. The molecule has 0 bridgehead atoms. The second-order valence-electron chi connectivity index (χ2n) is 5.61. The zero-order valence-electron chi connectivity index (χ0n) is 14.3. The third-order valence-corrected chi connectivity index (χ3v) is 5.03. The predicted molar refractivity (Wildman–Crippen MR) is 99.5 cm³/mol. The van der Waals surface area contributed by atoms with Gasteiger partial charge in [0.1, 0.15) is 6.61 Å². The summed E-state index contributed by atoms with van der Waals surface area (Å²) in [5.41, 5.74) is 2.07. The second-order valence-corrected chi connectivity index (χ2v) is 6.52. The lowest BCUT2D eigenvalue weighted by atomic mass is 10.1. The number of aryl methyl sites for hydroxylation is 1. The summed E-state index contributed by atoms with van der Waals surface area (Å²) in [6, 6.07) is 13.8. The molecule has 3 rings (SSSR count). The Kier molecular flexibility index (Phi) is 5.56. The maximum Gasteiger partial charge on any atom is 0.306 e. The molecular weight excluding hydrogens is 336 g/mol. The first-order chi connectivity index (χ1) is 12.2. The molecule has 0 spiro atoms. The molecule has 0 radical (unpaired) electrons. The zero-order valence-corrected chi connectivity index (χ0v) is 15.1. The van der Waals surface area contributed by atoms with Gasteiger partial charge in [-0.1, -0.05) is 24.3 Å². The van der Waals surface area contributed by atoms with E-state index in [0.29, 0.717) is 30.9 Å². The Balaban J connectivity index is 1.54. The Morgan fingerprint density at radius 2 is 1.84 bits per heavy atom. The molecular formula is C20H20O4S. The molecule has 0 saturated heterocycles. The maximum atomic E-state index is 12.1. The summed E-state index contributed by atoms with van der Waals surface area (Å²) < 4.78 is 17.1. The smallest absolute Gasteiger partial charge is 0.306 e. The fourth-order valence-electron chi connectivity index (χ4n) is 2.66. The van der Waals surface area contributed by atoms with Gasteiger partial charge >= 0.3 is 5.97 Å². The number of benzene rings is 2. The van der Waals surface area contributed by atoms with Gasteiger partial charge in [0.25, 0.3) is 0 Å². The van der Waals surface area contributed by atoms with E-state index in [1.165, 1.54) is 4.70 Å². The molecule has 25 heavy (non-hydrogen) atoms. The van der Waals surface area contributed by atoms with Crippen LogP contribution in [0.2, 0.25) is 0 Å². The number of hydrogen-bond acceptors (Lipinski definition) is 5. The predicted octanol–water partition coefficient (Wildman–Crippen LogP) is 4.59. The molecule has 0 atom stereocenters. The van der Waals surface area contributed by atoms with Gasteiger partial charge in [-0.05, 0) is 40.9 Å². The summed E-state index contributed by atoms with van der Waals surface area (Å²) >= 11 is 1.67. The van der Waals surface area contributed by atoms with Crippen LogP contribution in [0.25, 0.3) is 10.1 Å². The largest absolute Gasteiger partial charge is 0.493 e. The summed E-state index contributed by atoms with van der Waals surface area (Å²) in [5.74, 6) is 1.14. The zero-order chi connectivity index (χ0) is 17.6. The van der Waals surface area contributed by atoms with Crippen LogP contribution in [0.1, 0.15) is 17.5 Å². The van der Waals surface area contributed by atoms with E-state index < -0.39 is 0 Å². The van der Waals surface area contributed by atoms with Crippen LogP contribution in [-0.2, 0) is 22.6 Å². The highest BCUT2D eigenvalue weighted by molar-refractivity contribution is 7.17. The van der Waals surface area contributed by atoms with Crippen LogP contribution in [0, 0.1) is 0 Å². The third-order valence-electron chi connectivity index (χ3n) is 4.02. The fourth-order valence-corrected chi connectivity index (χ4v) is 3.60. The highest BCUT2D eigenvalue weighted by atomic mass is 32.1. The molecule has 0 aliphatic rings. The van der Waals surface area contributed by atoms with E-state index in [2.05, 4.69) is 12.1 Å². The number of hydrogen-bond donors (Lipinski definition) is 0. The number of thiophene rings is 1. The lowest BCUT2D eigenvalue weighted by Crippen LogP contribution is -2.06. The SMILES string of the molecule is COc1ccc(CCC(=O)OCc2csc3ccccc23)cc1OC. The minimum absolute atomic E-state index is 0.204. The highest BCUT2D eigenvalue weighted by Crippen LogP contribution is 2.28. The van der Waals surface area contributed by atoms with Crippen molar-refractivity contribution in [1.29, 1.82) is 0 Å². The Hall–Kier alpha value is -2.53. The van der Waals surface area contributed by atoms with Gasteiger partial charge in [0.15, 0.2) is 11.5 Å². The van der Waals surface area contributed by atoms with Gasteiger partial charge in [-0.25, -0.2) is 0 Å². The van der Waals surface area contributed by atoms with E-state index in [4.69, 9.17) is 14.2 Å². The van der Waals surface area contributed by atoms with Crippen LogP contribution >= 0.6 is 11.3 Å². The molecule has 0 unspecified atom stereocenters. The van der Waals surface area contributed by atoms with Gasteiger partial charge in [-0.3, -0.25) is 4.79 Å². The molecule has 4 nitrogen and oxygen atoms in total. The summed E-state index contributed by atoms with van der Waals surface area (Å²) in [4.78, 5) is 12.1. The molecule has 0 fully saturated rings. The van der Waals surface area contributed by atoms with Crippen molar-refractivity contribution in [2.75, 3.05) is 14.2 Å². The lowest BCUT2D eigenvalue weighted by molar-refractivity contribution is -0.144. The molecule has 0 aliphatic heterocycles. The number of esters is 1. The first kappa shape index (κ1) is 17.3. The van der Waals surface area contributed by atoms with E-state index in [1.54, 1.807) is 25.6 Å². The Bertz CT molecular complexity index is 869. The van der Waals surface area contributed by atoms with Crippen molar-refractivity contribution in [3.63, 3.8) is 0 Å². The van der Waals surface area contributed by atoms with Crippen LogP contribution in [0.3, 0.4) is 0 Å². The van der Waals surface area contributed by atoms with Gasteiger partial charge in [0.2, 0.25) is 0 Å². The van der Waals surface area contributed by atoms with Crippen molar-refractivity contribution in [3.8, 4) is 11.5 Å². The van der Waals surface area contributed by atoms with Gasteiger partial charge in [0, 0.05) is 16.7 Å². The minimum Gasteiger partial charge on any atom is -0.493 e. The van der Waals surface area contributed by atoms with Crippen LogP contribution < -0.4 is 9.47 Å². The fraction of sp³-hybridized carbons (Fsp3) is 0.250. The Labute approximate surface area is 151 Å². The molecule has 0 amide bonds. The number of rotatable bonds is 7. The first-order valence-electron chi connectivity index (χ1n) is 8.03. The van der Waals surface area contributed by atoms with E-state index in [0.717, 1.165) is 16.5 Å². The van der Waals surface area contributed by atoms with E-state index in [-0.39, 0.29) is 5.97 Å². The van der Waals surface area contributed by atoms with Crippen molar-refractivity contribution in [2.24, 2.45) is 0 Å². The topological polar surface area (TPSA) is 44.8 Å². The van der Waals surface area contributed by atoms with E-state index in [9.17, 15) is 4.79 Å². The van der Waals surface area contributed by atoms with Crippen LogP contribution in [-0.4, -0.2) is 20.2 Å². The first-order valence-corrected chi connectivity index (χ1v) is 8.91. The number of methoxy groups -OCH3 is 2. The van der Waals surface area contributed by atoms with Crippen molar-refractivity contribution in [3.05, 3.63) is 59.0 Å². The van der Waals surface area contributed by atoms with Gasteiger partial charge in [-0.2, -0.15) is 0 Å². The number of carbonyl (C=O) groups excluding carboxylic acids is 1. The van der Waals surface area contributed by atoms with Gasteiger partial charge < -0.3 is 14.2 Å². The van der Waals surface area contributed by atoms with Crippen LogP contribution in [0.15, 0.2) is 47.8 Å². The monoisotopic (exact) mass is 356 g/mol. The second kappa shape index (κ2) is 8.03. The lowest BCUT2D eigenvalue weighted by Gasteiger charge is -2.09. The molecule has 0 N–H and O–H groups in total. The third kappa shape index (κ3) is 4.12. The van der Waals surface area contributed by atoms with Gasteiger partial charge in [-0.15, -0.1) is 11.3 Å². The van der Waals surface area contributed by atoms with E-state index >= 15 is 0 Å². The normalized spacial score (nSPS) is 10.6.